The van der Waals surface area contributed by atoms with Gasteiger partial charge in [-0.3, -0.25) is 9.59 Å². The largest absolute Gasteiger partial charge is 0.482 e. The molecule has 2 amide bonds. The third-order valence-electron chi connectivity index (χ3n) is 3.05. The van der Waals surface area contributed by atoms with Crippen molar-refractivity contribution in [3.05, 3.63) is 35.8 Å². The Morgan fingerprint density at radius 1 is 1.43 bits per heavy atom. The van der Waals surface area contributed by atoms with Gasteiger partial charge in [0.05, 0.1) is 5.69 Å². The fourth-order valence-electron chi connectivity index (χ4n) is 2.08. The standard InChI is InChI=1S/C14H13N3O3S/c18-12(16-14-15-6-8-21-14)5-7-17-10-3-1-2-4-11(10)20-9-13(17)19/h1-4,6,8H,5,7,9H2,(H,15,16,18). The molecule has 3 rings (SSSR count). The van der Waals surface area contributed by atoms with Crippen molar-refractivity contribution in [3.63, 3.8) is 0 Å². The van der Waals surface area contributed by atoms with Gasteiger partial charge in [-0.25, -0.2) is 4.98 Å². The minimum absolute atomic E-state index is 0.00507. The lowest BCUT2D eigenvalue weighted by molar-refractivity contribution is -0.121. The number of nitrogens with zero attached hydrogens (tertiary/aromatic N) is 2. The van der Waals surface area contributed by atoms with E-state index in [2.05, 4.69) is 10.3 Å². The Labute approximate surface area is 125 Å². The van der Waals surface area contributed by atoms with Gasteiger partial charge in [0.1, 0.15) is 5.75 Å². The second-order valence-corrected chi connectivity index (χ2v) is 5.33. The van der Waals surface area contributed by atoms with Crippen molar-refractivity contribution in [3.8, 4) is 5.75 Å². The number of aromatic nitrogens is 1. The monoisotopic (exact) mass is 303 g/mol. The van der Waals surface area contributed by atoms with Crippen LogP contribution >= 0.6 is 11.3 Å². The molecular weight excluding hydrogens is 290 g/mol. The summed E-state index contributed by atoms with van der Waals surface area (Å²) in [4.78, 5) is 29.4. The van der Waals surface area contributed by atoms with Crippen LogP contribution < -0.4 is 15.0 Å². The van der Waals surface area contributed by atoms with Crippen LogP contribution in [0.5, 0.6) is 5.75 Å². The lowest BCUT2D eigenvalue weighted by Gasteiger charge is -2.29. The van der Waals surface area contributed by atoms with E-state index in [1.807, 2.05) is 24.3 Å². The molecule has 0 unspecified atom stereocenters. The van der Waals surface area contributed by atoms with Gasteiger partial charge in [0.2, 0.25) is 5.91 Å². The van der Waals surface area contributed by atoms with Gasteiger partial charge in [-0.1, -0.05) is 12.1 Å². The highest BCUT2D eigenvalue weighted by molar-refractivity contribution is 7.13. The van der Waals surface area contributed by atoms with E-state index < -0.39 is 0 Å². The Morgan fingerprint density at radius 2 is 2.29 bits per heavy atom. The van der Waals surface area contributed by atoms with Crippen molar-refractivity contribution in [1.29, 1.82) is 0 Å². The van der Waals surface area contributed by atoms with Gasteiger partial charge in [-0.15, -0.1) is 11.3 Å². The molecule has 1 N–H and O–H groups in total. The minimum atomic E-state index is -0.165. The predicted molar refractivity (Wildman–Crippen MR) is 79.7 cm³/mol. The van der Waals surface area contributed by atoms with Crippen LogP contribution in [0.15, 0.2) is 35.8 Å². The Hall–Kier alpha value is -2.41. The summed E-state index contributed by atoms with van der Waals surface area (Å²) in [5.74, 6) is 0.356. The molecular formula is C14H13N3O3S. The van der Waals surface area contributed by atoms with E-state index in [0.29, 0.717) is 23.1 Å². The van der Waals surface area contributed by atoms with Crippen molar-refractivity contribution in [2.75, 3.05) is 23.4 Å². The van der Waals surface area contributed by atoms with Crippen molar-refractivity contribution in [1.82, 2.24) is 4.98 Å². The SMILES string of the molecule is O=C(CCN1C(=O)COc2ccccc21)Nc1nccs1. The molecule has 7 heteroatoms. The topological polar surface area (TPSA) is 71.5 Å². The van der Waals surface area contributed by atoms with E-state index in [4.69, 9.17) is 4.74 Å². The Balaban J connectivity index is 1.64. The van der Waals surface area contributed by atoms with Crippen molar-refractivity contribution >= 4 is 34.0 Å². The summed E-state index contributed by atoms with van der Waals surface area (Å²) in [7, 11) is 0. The summed E-state index contributed by atoms with van der Waals surface area (Å²) < 4.78 is 5.36. The molecule has 0 fully saturated rings. The number of para-hydroxylation sites is 2. The summed E-state index contributed by atoms with van der Waals surface area (Å²) in [6, 6.07) is 7.31. The number of hydrogen-bond acceptors (Lipinski definition) is 5. The average Bonchev–Trinajstić information content (AvgIpc) is 2.99. The summed E-state index contributed by atoms with van der Waals surface area (Å²) in [5.41, 5.74) is 0.704. The molecule has 0 saturated carbocycles. The third-order valence-corrected chi connectivity index (χ3v) is 3.74. The lowest BCUT2D eigenvalue weighted by atomic mass is 10.2. The van der Waals surface area contributed by atoms with Crippen LogP contribution in [0.4, 0.5) is 10.8 Å². The fourth-order valence-corrected chi connectivity index (χ4v) is 2.62. The van der Waals surface area contributed by atoms with Gasteiger partial charge in [-0.05, 0) is 12.1 Å². The predicted octanol–water partition coefficient (Wildman–Crippen LogP) is 1.90. The first-order valence-corrected chi connectivity index (χ1v) is 7.33. The van der Waals surface area contributed by atoms with Crippen LogP contribution in [-0.4, -0.2) is 29.9 Å². The number of carbonyl (C=O) groups excluding carboxylic acids is 2. The first-order chi connectivity index (χ1) is 10.2. The minimum Gasteiger partial charge on any atom is -0.482 e. The van der Waals surface area contributed by atoms with E-state index in [9.17, 15) is 9.59 Å². The van der Waals surface area contributed by atoms with Crippen LogP contribution in [0.25, 0.3) is 0 Å². The molecule has 0 radical (unpaired) electrons. The first kappa shape index (κ1) is 13.6. The Kier molecular flexibility index (Phi) is 3.83. The molecule has 0 bridgehead atoms. The Morgan fingerprint density at radius 3 is 3.10 bits per heavy atom. The van der Waals surface area contributed by atoms with Gasteiger partial charge in [0.25, 0.3) is 5.91 Å². The van der Waals surface area contributed by atoms with Gasteiger partial charge in [-0.2, -0.15) is 0 Å². The maximum Gasteiger partial charge on any atom is 0.265 e. The maximum absolute atomic E-state index is 11.9. The number of fused-ring (bicyclic) bond motifs is 1. The molecule has 1 aliphatic heterocycles. The smallest absolute Gasteiger partial charge is 0.265 e. The third kappa shape index (κ3) is 3.03. The molecule has 2 aromatic rings. The molecule has 108 valence electrons. The van der Waals surface area contributed by atoms with Gasteiger partial charge in [0, 0.05) is 24.5 Å². The van der Waals surface area contributed by atoms with Gasteiger partial charge < -0.3 is 15.0 Å². The number of hydrogen-bond donors (Lipinski definition) is 1. The van der Waals surface area contributed by atoms with Crippen LogP contribution in [0.3, 0.4) is 0 Å². The number of carbonyl (C=O) groups is 2. The number of thiazole rings is 1. The van der Waals surface area contributed by atoms with E-state index >= 15 is 0 Å². The molecule has 21 heavy (non-hydrogen) atoms. The summed E-state index contributed by atoms with van der Waals surface area (Å²) >= 11 is 1.36. The second-order valence-electron chi connectivity index (χ2n) is 4.44. The van der Waals surface area contributed by atoms with Crippen molar-refractivity contribution in [2.24, 2.45) is 0 Å². The number of benzene rings is 1. The molecule has 0 spiro atoms. The van der Waals surface area contributed by atoms with Crippen LogP contribution in [0, 0.1) is 0 Å². The Bertz CT molecular complexity index is 657. The highest BCUT2D eigenvalue weighted by Gasteiger charge is 2.25. The zero-order valence-electron chi connectivity index (χ0n) is 11.1. The molecule has 2 heterocycles. The molecule has 1 aromatic carbocycles. The van der Waals surface area contributed by atoms with Crippen LogP contribution in [-0.2, 0) is 9.59 Å². The van der Waals surface area contributed by atoms with Gasteiger partial charge >= 0.3 is 0 Å². The molecule has 0 atom stereocenters. The molecule has 0 aliphatic carbocycles. The molecule has 1 aliphatic rings. The second kappa shape index (κ2) is 5.92. The highest BCUT2D eigenvalue weighted by atomic mass is 32.1. The van der Waals surface area contributed by atoms with Crippen LogP contribution in [0.2, 0.25) is 0 Å². The molecule has 1 aromatic heterocycles. The lowest BCUT2D eigenvalue weighted by Crippen LogP contribution is -2.40. The molecule has 0 saturated heterocycles. The maximum atomic E-state index is 11.9. The zero-order valence-corrected chi connectivity index (χ0v) is 11.9. The zero-order chi connectivity index (χ0) is 14.7. The van der Waals surface area contributed by atoms with Gasteiger partial charge in [0.15, 0.2) is 11.7 Å². The molecule has 6 nitrogen and oxygen atoms in total. The number of amides is 2. The quantitative estimate of drug-likeness (QED) is 0.936. The van der Waals surface area contributed by atoms with Crippen molar-refractivity contribution < 1.29 is 14.3 Å². The first-order valence-electron chi connectivity index (χ1n) is 6.45. The number of ether oxygens (including phenoxy) is 1. The highest BCUT2D eigenvalue weighted by Crippen LogP contribution is 2.31. The number of nitrogens with one attached hydrogen (secondary N) is 1. The number of anilines is 2. The van der Waals surface area contributed by atoms with E-state index in [1.165, 1.54) is 11.3 Å². The fraction of sp³-hybridized carbons (Fsp3) is 0.214. The average molecular weight is 303 g/mol. The summed E-state index contributed by atoms with van der Waals surface area (Å²) in [5, 5.41) is 5.05. The normalized spacial score (nSPS) is 13.5. The van der Waals surface area contributed by atoms with E-state index in [1.54, 1.807) is 16.5 Å². The van der Waals surface area contributed by atoms with E-state index in [0.717, 1.165) is 0 Å². The summed E-state index contributed by atoms with van der Waals surface area (Å²) in [6.07, 6.45) is 1.84. The number of rotatable bonds is 4. The summed E-state index contributed by atoms with van der Waals surface area (Å²) in [6.45, 7) is 0.321. The van der Waals surface area contributed by atoms with Crippen molar-refractivity contribution in [2.45, 2.75) is 6.42 Å². The van der Waals surface area contributed by atoms with E-state index in [-0.39, 0.29) is 24.8 Å². The van der Waals surface area contributed by atoms with Crippen LogP contribution in [0.1, 0.15) is 6.42 Å².